The molecule has 3 rings (SSSR count). The molecular formula is C18H14F3N3O2S2. The Morgan fingerprint density at radius 2 is 1.86 bits per heavy atom. The fraction of sp³-hybridized carbons (Fsp3) is 0.167. The molecule has 10 heteroatoms. The number of benzene rings is 2. The van der Waals surface area contributed by atoms with E-state index in [1.165, 1.54) is 42.3 Å². The van der Waals surface area contributed by atoms with Crippen molar-refractivity contribution in [1.82, 2.24) is 10.2 Å². The topological polar surface area (TPSA) is 64.1 Å². The Labute approximate surface area is 166 Å². The van der Waals surface area contributed by atoms with E-state index in [1.807, 2.05) is 0 Å². The highest BCUT2D eigenvalue weighted by Gasteiger charge is 2.29. The van der Waals surface area contributed by atoms with E-state index in [1.54, 1.807) is 24.3 Å². The van der Waals surface area contributed by atoms with Gasteiger partial charge in [-0.25, -0.2) is 0 Å². The Kier molecular flexibility index (Phi) is 6.20. The Morgan fingerprint density at radius 3 is 2.54 bits per heavy atom. The molecule has 0 fully saturated rings. The summed E-state index contributed by atoms with van der Waals surface area (Å²) in [5.41, 5.74) is 0.422. The van der Waals surface area contributed by atoms with Crippen LogP contribution in [0, 0.1) is 0 Å². The first-order chi connectivity index (χ1) is 13.4. The van der Waals surface area contributed by atoms with Crippen LogP contribution in [0.4, 0.5) is 18.3 Å². The van der Waals surface area contributed by atoms with E-state index in [-0.39, 0.29) is 5.91 Å². The molecule has 1 amide bonds. The Morgan fingerprint density at radius 1 is 1.14 bits per heavy atom. The number of halogens is 3. The fourth-order valence-electron chi connectivity index (χ4n) is 2.25. The van der Waals surface area contributed by atoms with E-state index in [0.717, 1.165) is 17.7 Å². The van der Waals surface area contributed by atoms with Crippen LogP contribution in [0.25, 0.3) is 0 Å². The van der Waals surface area contributed by atoms with Crippen LogP contribution in [0.1, 0.15) is 21.5 Å². The van der Waals surface area contributed by atoms with Crippen molar-refractivity contribution >= 4 is 34.1 Å². The molecule has 0 aliphatic carbocycles. The number of rotatable bonds is 6. The van der Waals surface area contributed by atoms with Crippen molar-refractivity contribution in [1.29, 1.82) is 0 Å². The number of hydrogen-bond acceptors (Lipinski definition) is 6. The average Bonchev–Trinajstić information content (AvgIpc) is 3.13. The molecule has 0 bridgehead atoms. The lowest BCUT2D eigenvalue weighted by Gasteiger charge is -2.07. The molecule has 2 aromatic carbocycles. The number of thioether (sulfide) groups is 1. The minimum Gasteiger partial charge on any atom is -0.496 e. The quantitative estimate of drug-likeness (QED) is 0.439. The first kappa shape index (κ1) is 20.2. The summed E-state index contributed by atoms with van der Waals surface area (Å²) < 4.78 is 43.5. The molecule has 0 saturated carbocycles. The van der Waals surface area contributed by atoms with Gasteiger partial charge in [0.15, 0.2) is 4.34 Å². The molecule has 0 radical (unpaired) electrons. The minimum absolute atomic E-state index is 0.325. The van der Waals surface area contributed by atoms with Gasteiger partial charge in [0.25, 0.3) is 5.91 Å². The van der Waals surface area contributed by atoms with Crippen molar-refractivity contribution < 1.29 is 22.7 Å². The number of ether oxygens (including phenoxy) is 1. The zero-order chi connectivity index (χ0) is 20.1. The Hall–Kier alpha value is -2.59. The first-order valence-corrected chi connectivity index (χ1v) is 9.74. The maximum atomic E-state index is 12.6. The number of aromatic nitrogens is 2. The van der Waals surface area contributed by atoms with Crippen molar-refractivity contribution in [2.24, 2.45) is 0 Å². The number of anilines is 1. The van der Waals surface area contributed by atoms with Crippen molar-refractivity contribution in [2.75, 3.05) is 12.4 Å². The van der Waals surface area contributed by atoms with Gasteiger partial charge in [-0.15, -0.1) is 10.2 Å². The maximum Gasteiger partial charge on any atom is 0.416 e. The van der Waals surface area contributed by atoms with Crippen molar-refractivity contribution in [3.63, 3.8) is 0 Å². The summed E-state index contributed by atoms with van der Waals surface area (Å²) in [4.78, 5) is 12.3. The van der Waals surface area contributed by atoms with Gasteiger partial charge in [0.05, 0.1) is 18.2 Å². The molecule has 1 aromatic heterocycles. The summed E-state index contributed by atoms with van der Waals surface area (Å²) >= 11 is 2.51. The summed E-state index contributed by atoms with van der Waals surface area (Å²) in [6.45, 7) is 0. The zero-order valence-electron chi connectivity index (χ0n) is 14.5. The van der Waals surface area contributed by atoms with E-state index in [9.17, 15) is 18.0 Å². The molecular weight excluding hydrogens is 411 g/mol. The van der Waals surface area contributed by atoms with E-state index < -0.39 is 11.7 Å². The highest BCUT2D eigenvalue weighted by molar-refractivity contribution is 8.00. The summed E-state index contributed by atoms with van der Waals surface area (Å²) in [6.07, 6.45) is -4.35. The van der Waals surface area contributed by atoms with Gasteiger partial charge in [-0.1, -0.05) is 47.4 Å². The number of carbonyl (C=O) groups excluding carboxylic acids is 1. The second kappa shape index (κ2) is 8.61. The van der Waals surface area contributed by atoms with Crippen LogP contribution in [-0.4, -0.2) is 23.2 Å². The first-order valence-electron chi connectivity index (χ1n) is 7.93. The lowest BCUT2D eigenvalue weighted by atomic mass is 10.1. The molecule has 0 aliphatic rings. The van der Waals surface area contributed by atoms with Gasteiger partial charge in [0.2, 0.25) is 5.13 Å². The van der Waals surface area contributed by atoms with Crippen molar-refractivity contribution in [3.8, 4) is 5.75 Å². The van der Waals surface area contributed by atoms with Gasteiger partial charge in [0, 0.05) is 5.75 Å². The van der Waals surface area contributed by atoms with Crippen LogP contribution in [-0.2, 0) is 11.9 Å². The molecule has 146 valence electrons. The molecule has 0 aliphatic heterocycles. The lowest BCUT2D eigenvalue weighted by Crippen LogP contribution is -2.12. The number of para-hydroxylation sites is 1. The largest absolute Gasteiger partial charge is 0.496 e. The van der Waals surface area contributed by atoms with E-state index in [0.29, 0.717) is 26.5 Å². The van der Waals surface area contributed by atoms with Crippen LogP contribution in [0.3, 0.4) is 0 Å². The third kappa shape index (κ3) is 5.02. The van der Waals surface area contributed by atoms with Crippen molar-refractivity contribution in [2.45, 2.75) is 16.3 Å². The smallest absolute Gasteiger partial charge is 0.416 e. The molecule has 28 heavy (non-hydrogen) atoms. The van der Waals surface area contributed by atoms with Crippen molar-refractivity contribution in [3.05, 3.63) is 65.2 Å². The normalized spacial score (nSPS) is 11.3. The minimum atomic E-state index is -4.35. The summed E-state index contributed by atoms with van der Waals surface area (Å²) in [5, 5.41) is 10.9. The third-order valence-electron chi connectivity index (χ3n) is 3.62. The van der Waals surface area contributed by atoms with Crippen LogP contribution in [0.5, 0.6) is 5.75 Å². The maximum absolute atomic E-state index is 12.6. The van der Waals surface area contributed by atoms with E-state index >= 15 is 0 Å². The fourth-order valence-corrected chi connectivity index (χ4v) is 3.95. The average molecular weight is 425 g/mol. The van der Waals surface area contributed by atoms with E-state index in [4.69, 9.17) is 4.74 Å². The molecule has 0 spiro atoms. The van der Waals surface area contributed by atoms with Gasteiger partial charge in [-0.2, -0.15) is 13.2 Å². The molecule has 1 N–H and O–H groups in total. The predicted octanol–water partition coefficient (Wildman–Crippen LogP) is 5.11. The van der Waals surface area contributed by atoms with Crippen LogP contribution < -0.4 is 10.1 Å². The number of nitrogens with zero attached hydrogens (tertiary/aromatic N) is 2. The zero-order valence-corrected chi connectivity index (χ0v) is 16.1. The van der Waals surface area contributed by atoms with Crippen LogP contribution in [0.15, 0.2) is 52.9 Å². The van der Waals surface area contributed by atoms with E-state index in [2.05, 4.69) is 15.5 Å². The summed E-state index contributed by atoms with van der Waals surface area (Å²) in [5.74, 6) is 0.516. The van der Waals surface area contributed by atoms with Gasteiger partial charge in [-0.3, -0.25) is 10.1 Å². The SMILES string of the molecule is COc1ccccc1C(=O)Nc1nnc(SCc2ccc(C(F)(F)F)cc2)s1. The number of hydrogen-bond donors (Lipinski definition) is 1. The number of carbonyl (C=O) groups is 1. The summed E-state index contributed by atoms with van der Waals surface area (Å²) in [6, 6.07) is 11.8. The predicted molar refractivity (Wildman–Crippen MR) is 102 cm³/mol. The highest BCUT2D eigenvalue weighted by Crippen LogP contribution is 2.32. The van der Waals surface area contributed by atoms with Crippen LogP contribution >= 0.6 is 23.1 Å². The highest BCUT2D eigenvalue weighted by atomic mass is 32.2. The number of nitrogens with one attached hydrogen (secondary N) is 1. The molecule has 1 heterocycles. The standard InChI is InChI=1S/C18H14F3N3O2S2/c1-26-14-5-3-2-4-13(14)15(25)22-16-23-24-17(28-16)27-10-11-6-8-12(9-7-11)18(19,20)21/h2-9H,10H2,1H3,(H,22,23,25). The second-order valence-corrected chi connectivity index (χ2v) is 7.71. The molecule has 3 aromatic rings. The number of alkyl halides is 3. The van der Waals surface area contributed by atoms with Gasteiger partial charge < -0.3 is 4.74 Å². The second-order valence-electron chi connectivity index (χ2n) is 5.51. The molecule has 0 unspecified atom stereocenters. The number of methoxy groups -OCH3 is 1. The lowest BCUT2D eigenvalue weighted by molar-refractivity contribution is -0.137. The Balaban J connectivity index is 1.59. The van der Waals surface area contributed by atoms with Crippen LogP contribution in [0.2, 0.25) is 0 Å². The van der Waals surface area contributed by atoms with Gasteiger partial charge >= 0.3 is 6.18 Å². The van der Waals surface area contributed by atoms with Gasteiger partial charge in [-0.05, 0) is 29.8 Å². The molecule has 0 saturated heterocycles. The monoisotopic (exact) mass is 425 g/mol. The summed E-state index contributed by atoms with van der Waals surface area (Å²) in [7, 11) is 1.48. The molecule has 0 atom stereocenters. The molecule has 5 nitrogen and oxygen atoms in total. The Bertz CT molecular complexity index is 959. The third-order valence-corrected chi connectivity index (χ3v) is 5.67. The van der Waals surface area contributed by atoms with Gasteiger partial charge in [0.1, 0.15) is 5.75 Å². The number of amides is 1.